The lowest BCUT2D eigenvalue weighted by atomic mass is 10.3. The SMILES string of the molecule is NC(=NCc1ccn(-c2ccc(F)cc2)n1)Nc1ccccc1. The first-order valence-electron chi connectivity index (χ1n) is 7.13. The fourth-order valence-electron chi connectivity index (χ4n) is 2.06. The average Bonchev–Trinajstić information content (AvgIpc) is 3.04. The van der Waals surface area contributed by atoms with Gasteiger partial charge in [-0.25, -0.2) is 14.1 Å². The summed E-state index contributed by atoms with van der Waals surface area (Å²) in [5.74, 6) is 0.0537. The van der Waals surface area contributed by atoms with E-state index in [4.69, 9.17) is 5.73 Å². The molecule has 2 aromatic carbocycles. The molecule has 3 rings (SSSR count). The van der Waals surface area contributed by atoms with Crippen molar-refractivity contribution < 1.29 is 4.39 Å². The first-order valence-corrected chi connectivity index (χ1v) is 7.13. The Morgan fingerprint density at radius 2 is 1.83 bits per heavy atom. The lowest BCUT2D eigenvalue weighted by molar-refractivity contribution is 0.627. The Morgan fingerprint density at radius 1 is 1.09 bits per heavy atom. The molecule has 0 spiro atoms. The van der Waals surface area contributed by atoms with Crippen molar-refractivity contribution in [3.63, 3.8) is 0 Å². The summed E-state index contributed by atoms with van der Waals surface area (Å²) in [6.07, 6.45) is 1.80. The van der Waals surface area contributed by atoms with Crippen LogP contribution in [0.5, 0.6) is 0 Å². The van der Waals surface area contributed by atoms with Crippen molar-refractivity contribution >= 4 is 11.6 Å². The molecule has 3 N–H and O–H groups in total. The largest absolute Gasteiger partial charge is 0.370 e. The third kappa shape index (κ3) is 3.94. The highest BCUT2D eigenvalue weighted by atomic mass is 19.1. The number of rotatable bonds is 4. The summed E-state index contributed by atoms with van der Waals surface area (Å²) in [5, 5.41) is 7.40. The molecule has 0 amide bonds. The number of halogens is 1. The smallest absolute Gasteiger partial charge is 0.193 e. The molecule has 1 aromatic heterocycles. The number of guanidine groups is 1. The standard InChI is InChI=1S/C17H16FN5/c18-13-6-8-16(9-7-13)23-11-10-15(22-23)12-20-17(19)21-14-4-2-1-3-5-14/h1-11H,12H2,(H3,19,20,21). The van der Waals surface area contributed by atoms with Gasteiger partial charge in [0.05, 0.1) is 17.9 Å². The van der Waals surface area contributed by atoms with Gasteiger partial charge in [-0.1, -0.05) is 18.2 Å². The second-order valence-electron chi connectivity index (χ2n) is 4.92. The third-order valence-corrected chi connectivity index (χ3v) is 3.19. The van der Waals surface area contributed by atoms with E-state index in [1.165, 1.54) is 12.1 Å². The summed E-state index contributed by atoms with van der Waals surface area (Å²) in [6, 6.07) is 17.6. The summed E-state index contributed by atoms with van der Waals surface area (Å²) in [5.41, 5.74) is 8.29. The van der Waals surface area contributed by atoms with E-state index in [0.29, 0.717) is 12.5 Å². The van der Waals surface area contributed by atoms with Crippen molar-refractivity contribution in [2.24, 2.45) is 10.7 Å². The number of nitrogens with zero attached hydrogens (tertiary/aromatic N) is 3. The number of para-hydroxylation sites is 1. The number of aliphatic imine (C=N–C) groups is 1. The molecule has 116 valence electrons. The zero-order valence-electron chi connectivity index (χ0n) is 12.4. The van der Waals surface area contributed by atoms with Gasteiger partial charge >= 0.3 is 0 Å². The van der Waals surface area contributed by atoms with E-state index in [1.54, 1.807) is 23.0 Å². The van der Waals surface area contributed by atoms with E-state index in [0.717, 1.165) is 17.1 Å². The number of hydrogen-bond acceptors (Lipinski definition) is 2. The van der Waals surface area contributed by atoms with E-state index in [1.807, 2.05) is 36.4 Å². The predicted molar refractivity (Wildman–Crippen MR) is 88.9 cm³/mol. The van der Waals surface area contributed by atoms with Crippen LogP contribution in [0.25, 0.3) is 5.69 Å². The molecule has 0 radical (unpaired) electrons. The maximum absolute atomic E-state index is 12.9. The highest BCUT2D eigenvalue weighted by Gasteiger charge is 2.02. The second-order valence-corrected chi connectivity index (χ2v) is 4.92. The van der Waals surface area contributed by atoms with Crippen LogP contribution in [0.1, 0.15) is 5.69 Å². The molecule has 0 aliphatic carbocycles. The number of benzene rings is 2. The van der Waals surface area contributed by atoms with Crippen molar-refractivity contribution in [1.82, 2.24) is 9.78 Å². The van der Waals surface area contributed by atoms with Crippen LogP contribution in [-0.2, 0) is 6.54 Å². The normalized spacial score (nSPS) is 11.4. The van der Waals surface area contributed by atoms with Crippen LogP contribution in [0.4, 0.5) is 10.1 Å². The van der Waals surface area contributed by atoms with Crippen molar-refractivity contribution in [2.45, 2.75) is 6.54 Å². The Morgan fingerprint density at radius 3 is 2.57 bits per heavy atom. The fraction of sp³-hybridized carbons (Fsp3) is 0.0588. The zero-order valence-corrected chi connectivity index (χ0v) is 12.4. The summed E-state index contributed by atoms with van der Waals surface area (Å²) >= 11 is 0. The van der Waals surface area contributed by atoms with Crippen molar-refractivity contribution in [3.05, 3.63) is 78.4 Å². The van der Waals surface area contributed by atoms with Gasteiger partial charge in [0, 0.05) is 11.9 Å². The molecule has 0 aliphatic heterocycles. The van der Waals surface area contributed by atoms with Crippen LogP contribution < -0.4 is 11.1 Å². The molecule has 6 heteroatoms. The maximum atomic E-state index is 12.9. The summed E-state index contributed by atoms with van der Waals surface area (Å²) in [4.78, 5) is 4.26. The lowest BCUT2D eigenvalue weighted by Gasteiger charge is -2.04. The highest BCUT2D eigenvalue weighted by molar-refractivity contribution is 5.92. The summed E-state index contributed by atoms with van der Waals surface area (Å²) in [7, 11) is 0. The Labute approximate surface area is 133 Å². The first kappa shape index (κ1) is 14.8. The van der Waals surface area contributed by atoms with Gasteiger partial charge in [-0.05, 0) is 42.5 Å². The number of nitrogens with one attached hydrogen (secondary N) is 1. The van der Waals surface area contributed by atoms with Gasteiger partial charge < -0.3 is 11.1 Å². The Balaban J connectivity index is 1.64. The number of aromatic nitrogens is 2. The molecule has 0 bridgehead atoms. The molecule has 0 aliphatic rings. The quantitative estimate of drug-likeness (QED) is 0.575. The Bertz CT molecular complexity index is 793. The molecule has 5 nitrogen and oxygen atoms in total. The predicted octanol–water partition coefficient (Wildman–Crippen LogP) is 2.94. The highest BCUT2D eigenvalue weighted by Crippen LogP contribution is 2.09. The number of anilines is 1. The molecular weight excluding hydrogens is 293 g/mol. The van der Waals surface area contributed by atoms with Gasteiger partial charge in [-0.3, -0.25) is 0 Å². The third-order valence-electron chi connectivity index (χ3n) is 3.19. The number of hydrogen-bond donors (Lipinski definition) is 2. The van der Waals surface area contributed by atoms with Crippen LogP contribution in [0.3, 0.4) is 0 Å². The van der Waals surface area contributed by atoms with Crippen LogP contribution in [0.2, 0.25) is 0 Å². The van der Waals surface area contributed by atoms with Crippen molar-refractivity contribution in [2.75, 3.05) is 5.32 Å². The first-order chi connectivity index (χ1) is 11.2. The zero-order chi connectivity index (χ0) is 16.1. The maximum Gasteiger partial charge on any atom is 0.193 e. The topological polar surface area (TPSA) is 68.2 Å². The Hall–Kier alpha value is -3.15. The van der Waals surface area contributed by atoms with Gasteiger partial charge in [0.1, 0.15) is 5.82 Å². The van der Waals surface area contributed by atoms with Crippen LogP contribution in [0.15, 0.2) is 71.9 Å². The van der Waals surface area contributed by atoms with Gasteiger partial charge in [0.2, 0.25) is 0 Å². The molecule has 1 heterocycles. The van der Waals surface area contributed by atoms with E-state index in [-0.39, 0.29) is 5.82 Å². The van der Waals surface area contributed by atoms with Crippen molar-refractivity contribution in [3.8, 4) is 5.69 Å². The Kier molecular flexibility index (Phi) is 4.33. The molecule has 3 aromatic rings. The van der Waals surface area contributed by atoms with Gasteiger partial charge in [0.25, 0.3) is 0 Å². The fourth-order valence-corrected chi connectivity index (χ4v) is 2.06. The minimum absolute atomic E-state index is 0.273. The minimum Gasteiger partial charge on any atom is -0.370 e. The van der Waals surface area contributed by atoms with Gasteiger partial charge in [-0.15, -0.1) is 0 Å². The van der Waals surface area contributed by atoms with E-state index >= 15 is 0 Å². The van der Waals surface area contributed by atoms with Gasteiger partial charge in [-0.2, -0.15) is 5.10 Å². The van der Waals surface area contributed by atoms with E-state index in [2.05, 4.69) is 15.4 Å². The van der Waals surface area contributed by atoms with Crippen LogP contribution in [0, 0.1) is 5.82 Å². The molecule has 0 saturated carbocycles. The number of nitrogens with two attached hydrogens (primary N) is 1. The molecular formula is C17H16FN5. The second kappa shape index (κ2) is 6.74. The van der Waals surface area contributed by atoms with Crippen LogP contribution in [-0.4, -0.2) is 15.7 Å². The van der Waals surface area contributed by atoms with Gasteiger partial charge in [0.15, 0.2) is 5.96 Å². The molecule has 0 fully saturated rings. The van der Waals surface area contributed by atoms with E-state index in [9.17, 15) is 4.39 Å². The minimum atomic E-state index is -0.273. The monoisotopic (exact) mass is 309 g/mol. The summed E-state index contributed by atoms with van der Waals surface area (Å²) < 4.78 is 14.6. The lowest BCUT2D eigenvalue weighted by Crippen LogP contribution is -2.22. The molecule has 23 heavy (non-hydrogen) atoms. The molecule has 0 atom stereocenters. The molecule has 0 unspecified atom stereocenters. The average molecular weight is 309 g/mol. The van der Waals surface area contributed by atoms with Crippen molar-refractivity contribution in [1.29, 1.82) is 0 Å². The molecule has 0 saturated heterocycles. The van der Waals surface area contributed by atoms with Crippen LogP contribution >= 0.6 is 0 Å². The summed E-state index contributed by atoms with van der Waals surface area (Å²) in [6.45, 7) is 0.361. The van der Waals surface area contributed by atoms with E-state index < -0.39 is 0 Å².